The van der Waals surface area contributed by atoms with Crippen molar-refractivity contribution in [3.63, 3.8) is 0 Å². The number of nitrogens with one attached hydrogen (secondary N) is 2. The molecule has 6 heteroatoms. The minimum atomic E-state index is -0.273. The maximum Gasteiger partial charge on any atom is 0.252 e. The Kier molecular flexibility index (Phi) is 7.59. The Balaban J connectivity index is 2.16. The summed E-state index contributed by atoms with van der Waals surface area (Å²) in [5.41, 5.74) is 5.95. The van der Waals surface area contributed by atoms with Crippen LogP contribution in [-0.2, 0) is 15.3 Å². The Morgan fingerprint density at radius 2 is 1.95 bits per heavy atom. The summed E-state index contributed by atoms with van der Waals surface area (Å²) in [6.07, 6.45) is 0.671. The van der Waals surface area contributed by atoms with Crippen molar-refractivity contribution in [3.8, 4) is 0 Å². The van der Waals surface area contributed by atoms with Gasteiger partial charge in [0.2, 0.25) is 5.91 Å². The molecule has 1 aromatic rings. The van der Waals surface area contributed by atoms with Gasteiger partial charge in [-0.2, -0.15) is 0 Å². The van der Waals surface area contributed by atoms with Gasteiger partial charge in [0.25, 0.3) is 5.91 Å². The van der Waals surface area contributed by atoms with E-state index in [1.54, 1.807) is 0 Å². The van der Waals surface area contributed by atoms with E-state index < -0.39 is 0 Å². The summed E-state index contributed by atoms with van der Waals surface area (Å²) in [5, 5.41) is 0. The molecule has 0 saturated carbocycles. The summed E-state index contributed by atoms with van der Waals surface area (Å²) in [5.74, 6) is 0.654. The molecule has 0 aliphatic carbocycles. The number of rotatable bonds is 6. The van der Waals surface area contributed by atoms with E-state index in [0.717, 1.165) is 5.75 Å². The predicted octanol–water partition coefficient (Wildman–Crippen LogP) is 2.24. The number of alkyl halides is 1. The molecule has 19 heavy (non-hydrogen) atoms. The topological polar surface area (TPSA) is 58.2 Å². The molecule has 0 heterocycles. The summed E-state index contributed by atoms with van der Waals surface area (Å²) >= 11 is 4.71. The molecule has 0 fully saturated rings. The molecule has 0 aliphatic rings. The zero-order valence-electron chi connectivity index (χ0n) is 10.7. The lowest BCUT2D eigenvalue weighted by atomic mass is 10.2. The summed E-state index contributed by atoms with van der Waals surface area (Å²) in [7, 11) is 0. The number of hydrogen-bond acceptors (Lipinski definition) is 3. The maximum atomic E-state index is 11.5. The number of hydrogen-bond donors (Lipinski definition) is 2. The number of halogens is 1. The molecule has 1 rings (SSSR count). The minimum Gasteiger partial charge on any atom is -0.272 e. The highest BCUT2D eigenvalue weighted by Crippen LogP contribution is 2.10. The predicted molar refractivity (Wildman–Crippen MR) is 81.9 cm³/mol. The van der Waals surface area contributed by atoms with E-state index in [-0.39, 0.29) is 16.6 Å². The van der Waals surface area contributed by atoms with Gasteiger partial charge >= 0.3 is 0 Å². The van der Waals surface area contributed by atoms with E-state index in [9.17, 15) is 9.59 Å². The first-order valence-corrected chi connectivity index (χ1v) is 8.05. The second kappa shape index (κ2) is 8.98. The van der Waals surface area contributed by atoms with Gasteiger partial charge in [-0.15, -0.1) is 11.8 Å². The quantitative estimate of drug-likeness (QED) is 0.614. The first-order valence-electron chi connectivity index (χ1n) is 5.98. The summed E-state index contributed by atoms with van der Waals surface area (Å²) in [6.45, 7) is 1.89. The van der Waals surface area contributed by atoms with Gasteiger partial charge in [-0.25, -0.2) is 0 Å². The highest BCUT2D eigenvalue weighted by atomic mass is 79.9. The average Bonchev–Trinajstić information content (AvgIpc) is 2.45. The number of thioether (sulfide) groups is 1. The van der Waals surface area contributed by atoms with Gasteiger partial charge in [0.05, 0.1) is 10.6 Å². The van der Waals surface area contributed by atoms with Crippen LogP contribution in [0.5, 0.6) is 0 Å². The largest absolute Gasteiger partial charge is 0.272 e. The molecule has 1 atom stereocenters. The van der Waals surface area contributed by atoms with Gasteiger partial charge in [-0.05, 0) is 12.0 Å². The lowest BCUT2D eigenvalue weighted by molar-refractivity contribution is -0.127. The Morgan fingerprint density at radius 3 is 2.58 bits per heavy atom. The third-order valence-corrected chi connectivity index (χ3v) is 4.38. The third kappa shape index (κ3) is 6.63. The zero-order chi connectivity index (χ0) is 14.1. The summed E-state index contributed by atoms with van der Waals surface area (Å²) in [4.78, 5) is 22.6. The van der Waals surface area contributed by atoms with Gasteiger partial charge in [0, 0.05) is 5.75 Å². The number of carbonyl (C=O) groups is 2. The fraction of sp³-hybridized carbons (Fsp3) is 0.385. The van der Waals surface area contributed by atoms with Crippen molar-refractivity contribution in [2.45, 2.75) is 23.9 Å². The SMILES string of the molecule is CC[C@@H](Br)C(=O)NNC(=O)CSCc1ccccc1. The molecule has 0 bridgehead atoms. The maximum absolute atomic E-state index is 11.5. The minimum absolute atomic E-state index is 0.204. The van der Waals surface area contributed by atoms with Crippen LogP contribution in [0.25, 0.3) is 0 Å². The molecule has 0 aromatic heterocycles. The van der Waals surface area contributed by atoms with E-state index in [0.29, 0.717) is 12.2 Å². The zero-order valence-corrected chi connectivity index (χ0v) is 13.1. The van der Waals surface area contributed by atoms with Crippen molar-refractivity contribution in [3.05, 3.63) is 35.9 Å². The molecule has 2 N–H and O–H groups in total. The average molecular weight is 345 g/mol. The highest BCUT2D eigenvalue weighted by molar-refractivity contribution is 9.10. The number of carbonyl (C=O) groups excluding carboxylic acids is 2. The second-order valence-corrected chi connectivity index (χ2v) is 5.98. The molecule has 1 aromatic carbocycles. The van der Waals surface area contributed by atoms with Gasteiger partial charge in [0.15, 0.2) is 0 Å². The Bertz CT molecular complexity index is 414. The molecular formula is C13H17BrN2O2S. The number of amides is 2. The first kappa shape index (κ1) is 16.0. The van der Waals surface area contributed by atoms with Gasteiger partial charge in [0.1, 0.15) is 0 Å². The molecule has 0 aliphatic heterocycles. The Morgan fingerprint density at radius 1 is 1.26 bits per heavy atom. The van der Waals surface area contributed by atoms with Crippen LogP contribution in [0.2, 0.25) is 0 Å². The molecule has 0 saturated heterocycles. The molecular weight excluding hydrogens is 328 g/mol. The van der Waals surface area contributed by atoms with Gasteiger partial charge in [-0.3, -0.25) is 20.4 Å². The Hall–Kier alpha value is -1.01. The van der Waals surface area contributed by atoms with Crippen LogP contribution in [0.4, 0.5) is 0 Å². The highest BCUT2D eigenvalue weighted by Gasteiger charge is 2.12. The normalized spacial score (nSPS) is 11.7. The van der Waals surface area contributed by atoms with E-state index in [1.807, 2.05) is 37.3 Å². The van der Waals surface area contributed by atoms with E-state index >= 15 is 0 Å². The van der Waals surface area contributed by atoms with E-state index in [4.69, 9.17) is 0 Å². The summed E-state index contributed by atoms with van der Waals surface area (Å²) in [6, 6.07) is 9.93. The van der Waals surface area contributed by atoms with Crippen LogP contribution in [-0.4, -0.2) is 22.4 Å². The monoisotopic (exact) mass is 344 g/mol. The van der Waals surface area contributed by atoms with Gasteiger partial charge < -0.3 is 0 Å². The first-order chi connectivity index (χ1) is 9.13. The van der Waals surface area contributed by atoms with Crippen molar-refractivity contribution in [1.82, 2.24) is 10.9 Å². The smallest absolute Gasteiger partial charge is 0.252 e. The third-order valence-electron chi connectivity index (χ3n) is 2.31. The van der Waals surface area contributed by atoms with Crippen LogP contribution in [0.3, 0.4) is 0 Å². The van der Waals surface area contributed by atoms with Crippen LogP contribution in [0.15, 0.2) is 30.3 Å². The molecule has 2 amide bonds. The number of hydrazine groups is 1. The van der Waals surface area contributed by atoms with E-state index in [2.05, 4.69) is 26.8 Å². The lowest BCUT2D eigenvalue weighted by Crippen LogP contribution is -2.45. The van der Waals surface area contributed by atoms with E-state index in [1.165, 1.54) is 17.3 Å². The molecule has 104 valence electrons. The fourth-order valence-electron chi connectivity index (χ4n) is 1.27. The van der Waals surface area contributed by atoms with Crippen LogP contribution in [0, 0.1) is 0 Å². The molecule has 0 unspecified atom stereocenters. The molecule has 0 radical (unpaired) electrons. The van der Waals surface area contributed by atoms with Crippen LogP contribution >= 0.6 is 27.7 Å². The lowest BCUT2D eigenvalue weighted by Gasteiger charge is -2.09. The van der Waals surface area contributed by atoms with Crippen molar-refractivity contribution < 1.29 is 9.59 Å². The molecule has 4 nitrogen and oxygen atoms in total. The summed E-state index contributed by atoms with van der Waals surface area (Å²) < 4.78 is 0. The second-order valence-electron chi connectivity index (χ2n) is 3.89. The molecule has 0 spiro atoms. The van der Waals surface area contributed by atoms with Crippen LogP contribution in [0.1, 0.15) is 18.9 Å². The Labute approximate surface area is 125 Å². The van der Waals surface area contributed by atoms with Crippen molar-refractivity contribution in [2.24, 2.45) is 0 Å². The standard InChI is InChI=1S/C13H17BrN2O2S/c1-2-11(14)13(18)16-15-12(17)9-19-8-10-6-4-3-5-7-10/h3-7,11H,2,8-9H2,1H3,(H,15,17)(H,16,18)/t11-/m1/s1. The fourth-order valence-corrected chi connectivity index (χ4v) is 2.17. The van der Waals surface area contributed by atoms with Crippen LogP contribution < -0.4 is 10.9 Å². The number of benzene rings is 1. The van der Waals surface area contributed by atoms with Crippen molar-refractivity contribution in [2.75, 3.05) is 5.75 Å². The van der Waals surface area contributed by atoms with Crippen molar-refractivity contribution in [1.29, 1.82) is 0 Å². The van der Waals surface area contributed by atoms with Gasteiger partial charge in [-0.1, -0.05) is 53.2 Å². The van der Waals surface area contributed by atoms with Crippen molar-refractivity contribution >= 4 is 39.5 Å².